The van der Waals surface area contributed by atoms with E-state index in [1.165, 1.54) is 18.2 Å². The molecule has 33 heavy (non-hydrogen) atoms. The van der Waals surface area contributed by atoms with Gasteiger partial charge in [0.05, 0.1) is 12.5 Å². The van der Waals surface area contributed by atoms with E-state index in [0.717, 1.165) is 11.8 Å². The summed E-state index contributed by atoms with van der Waals surface area (Å²) in [6, 6.07) is 15.2. The number of carbonyl (C=O) groups is 2. The molecule has 0 saturated carbocycles. The molecule has 2 aromatic rings. The predicted molar refractivity (Wildman–Crippen MR) is 119 cm³/mol. The molecular formula is C24H28FN3O5. The van der Waals surface area contributed by atoms with E-state index in [0.29, 0.717) is 26.2 Å². The number of aliphatic hydroxyl groups excluding tert-OH is 2. The number of amides is 2. The van der Waals surface area contributed by atoms with E-state index in [2.05, 4.69) is 10.2 Å². The molecule has 2 fully saturated rings. The summed E-state index contributed by atoms with van der Waals surface area (Å²) in [7, 11) is 0. The van der Waals surface area contributed by atoms with Crippen LogP contribution in [0.1, 0.15) is 16.8 Å². The number of nitrogens with zero attached hydrogens (tertiary/aromatic N) is 2. The molecule has 2 aliphatic rings. The highest BCUT2D eigenvalue weighted by Gasteiger charge is 2.44. The number of hydrogen-bond acceptors (Lipinski definition) is 6. The summed E-state index contributed by atoms with van der Waals surface area (Å²) in [6.45, 7) is 2.47. The maximum Gasteiger partial charge on any atom is 0.251 e. The Morgan fingerprint density at radius 1 is 0.970 bits per heavy atom. The van der Waals surface area contributed by atoms with Gasteiger partial charge in [-0.05, 0) is 30.3 Å². The van der Waals surface area contributed by atoms with Gasteiger partial charge in [0, 0.05) is 44.0 Å². The number of carbonyl (C=O) groups excluding carboxylic acids is 2. The Hall–Kier alpha value is -3.01. The minimum absolute atomic E-state index is 0.0576. The van der Waals surface area contributed by atoms with Crippen molar-refractivity contribution in [2.24, 2.45) is 0 Å². The van der Waals surface area contributed by atoms with Crippen molar-refractivity contribution in [3.8, 4) is 0 Å². The number of nitrogens with one attached hydrogen (secondary N) is 1. The van der Waals surface area contributed by atoms with E-state index < -0.39 is 36.1 Å². The number of halogens is 1. The fourth-order valence-electron chi connectivity index (χ4n) is 4.24. The van der Waals surface area contributed by atoms with Crippen LogP contribution in [0.3, 0.4) is 0 Å². The number of piperazine rings is 1. The SMILES string of the molecule is O=C(NC[C@H]1O[C@@H](CC(=O)N2CCN(c3ccccc3)CC2)[C@H](O)[C@@H]1O)c1cccc(F)c1. The summed E-state index contributed by atoms with van der Waals surface area (Å²) >= 11 is 0. The molecule has 0 bridgehead atoms. The van der Waals surface area contributed by atoms with E-state index in [1.54, 1.807) is 4.90 Å². The molecule has 0 aromatic heterocycles. The van der Waals surface area contributed by atoms with Gasteiger partial charge in [-0.2, -0.15) is 0 Å². The summed E-state index contributed by atoms with van der Waals surface area (Å²) in [5.74, 6) is -1.20. The quantitative estimate of drug-likeness (QED) is 0.593. The van der Waals surface area contributed by atoms with Crippen molar-refractivity contribution >= 4 is 17.5 Å². The number of benzene rings is 2. The molecule has 0 radical (unpaired) electrons. The normalized spacial score (nSPS) is 25.2. The van der Waals surface area contributed by atoms with E-state index in [9.17, 15) is 24.2 Å². The lowest BCUT2D eigenvalue weighted by atomic mass is 10.0. The third-order valence-corrected chi connectivity index (χ3v) is 6.14. The monoisotopic (exact) mass is 457 g/mol. The molecule has 2 aliphatic heterocycles. The number of ether oxygens (including phenoxy) is 1. The van der Waals surface area contributed by atoms with Crippen LogP contribution in [0.15, 0.2) is 54.6 Å². The Kier molecular flexibility index (Phi) is 7.22. The summed E-state index contributed by atoms with van der Waals surface area (Å²) in [5, 5.41) is 23.3. The standard InChI is InChI=1S/C24H28FN3O5/c25-17-6-4-5-16(13-17)24(32)26-15-20-23(31)22(30)19(33-20)14-21(29)28-11-9-27(10-12-28)18-7-2-1-3-8-18/h1-8,13,19-20,22-23,30-31H,9-12,14-15H2,(H,26,32)/t19-,20+,22-,23+/m0/s1. The van der Waals surface area contributed by atoms with Crippen LogP contribution in [0.25, 0.3) is 0 Å². The zero-order chi connectivity index (χ0) is 23.4. The van der Waals surface area contributed by atoms with Crippen molar-refractivity contribution in [1.82, 2.24) is 10.2 Å². The molecule has 9 heteroatoms. The third-order valence-electron chi connectivity index (χ3n) is 6.14. The fourth-order valence-corrected chi connectivity index (χ4v) is 4.24. The molecule has 176 valence electrons. The van der Waals surface area contributed by atoms with Gasteiger partial charge < -0.3 is 30.1 Å². The zero-order valence-electron chi connectivity index (χ0n) is 18.1. The lowest BCUT2D eigenvalue weighted by molar-refractivity contribution is -0.135. The highest BCUT2D eigenvalue weighted by atomic mass is 19.1. The van der Waals surface area contributed by atoms with Crippen molar-refractivity contribution in [2.75, 3.05) is 37.6 Å². The van der Waals surface area contributed by atoms with Crippen LogP contribution in [-0.4, -0.2) is 84.1 Å². The summed E-state index contributed by atoms with van der Waals surface area (Å²) in [6.07, 6.45) is -4.28. The third kappa shape index (κ3) is 5.50. The molecule has 2 aromatic carbocycles. The highest BCUT2D eigenvalue weighted by Crippen LogP contribution is 2.25. The van der Waals surface area contributed by atoms with Gasteiger partial charge in [0.15, 0.2) is 0 Å². The van der Waals surface area contributed by atoms with Crippen molar-refractivity contribution < 1.29 is 28.9 Å². The van der Waals surface area contributed by atoms with Gasteiger partial charge in [-0.1, -0.05) is 24.3 Å². The summed E-state index contributed by atoms with van der Waals surface area (Å²) < 4.78 is 19.0. The van der Waals surface area contributed by atoms with Gasteiger partial charge in [-0.25, -0.2) is 4.39 Å². The number of anilines is 1. The van der Waals surface area contributed by atoms with E-state index in [4.69, 9.17) is 4.74 Å². The van der Waals surface area contributed by atoms with E-state index >= 15 is 0 Å². The minimum Gasteiger partial charge on any atom is -0.388 e. The minimum atomic E-state index is -1.24. The number of aliphatic hydroxyl groups is 2. The first kappa shape index (κ1) is 23.2. The first-order chi connectivity index (χ1) is 15.9. The Balaban J connectivity index is 1.26. The molecule has 4 rings (SSSR count). The first-order valence-electron chi connectivity index (χ1n) is 11.1. The van der Waals surface area contributed by atoms with Gasteiger partial charge >= 0.3 is 0 Å². The molecule has 2 amide bonds. The first-order valence-corrected chi connectivity index (χ1v) is 11.1. The maximum atomic E-state index is 13.3. The summed E-state index contributed by atoms with van der Waals surface area (Å²) in [4.78, 5) is 28.9. The van der Waals surface area contributed by atoms with Crippen LogP contribution in [0.2, 0.25) is 0 Å². The molecule has 2 saturated heterocycles. The second-order valence-electron chi connectivity index (χ2n) is 8.32. The number of para-hydroxylation sites is 1. The topological polar surface area (TPSA) is 102 Å². The molecule has 2 heterocycles. The molecule has 0 spiro atoms. The average molecular weight is 458 g/mol. The van der Waals surface area contributed by atoms with E-state index in [1.807, 2.05) is 30.3 Å². The zero-order valence-corrected chi connectivity index (χ0v) is 18.1. The van der Waals surface area contributed by atoms with Crippen molar-refractivity contribution in [1.29, 1.82) is 0 Å². The fraction of sp³-hybridized carbons (Fsp3) is 0.417. The molecule has 3 N–H and O–H groups in total. The van der Waals surface area contributed by atoms with Gasteiger partial charge in [0.25, 0.3) is 5.91 Å². The Morgan fingerprint density at radius 2 is 1.67 bits per heavy atom. The maximum absolute atomic E-state index is 13.3. The van der Waals surface area contributed by atoms with Crippen LogP contribution >= 0.6 is 0 Å². The second-order valence-corrected chi connectivity index (χ2v) is 8.32. The molecule has 4 atom stereocenters. The average Bonchev–Trinajstić information content (AvgIpc) is 3.11. The van der Waals surface area contributed by atoms with Gasteiger partial charge in [-0.15, -0.1) is 0 Å². The van der Waals surface area contributed by atoms with Crippen LogP contribution in [0, 0.1) is 5.82 Å². The molecule has 0 unspecified atom stereocenters. The second kappa shape index (κ2) is 10.3. The van der Waals surface area contributed by atoms with Crippen molar-refractivity contribution in [2.45, 2.75) is 30.8 Å². The Bertz CT molecular complexity index is 968. The Morgan fingerprint density at radius 3 is 2.36 bits per heavy atom. The molecule has 0 aliphatic carbocycles. The van der Waals surface area contributed by atoms with Crippen LogP contribution in [0.5, 0.6) is 0 Å². The van der Waals surface area contributed by atoms with E-state index in [-0.39, 0.29) is 24.4 Å². The smallest absolute Gasteiger partial charge is 0.251 e. The van der Waals surface area contributed by atoms with Crippen LogP contribution < -0.4 is 10.2 Å². The number of hydrogen-bond donors (Lipinski definition) is 3. The molecular weight excluding hydrogens is 429 g/mol. The lowest BCUT2D eigenvalue weighted by Crippen LogP contribution is -2.49. The van der Waals surface area contributed by atoms with Crippen LogP contribution in [-0.2, 0) is 9.53 Å². The predicted octanol–water partition coefficient (Wildman–Crippen LogP) is 0.784. The number of rotatable bonds is 6. The molecule has 8 nitrogen and oxygen atoms in total. The lowest BCUT2D eigenvalue weighted by Gasteiger charge is -2.36. The largest absolute Gasteiger partial charge is 0.388 e. The Labute approximate surface area is 191 Å². The van der Waals surface area contributed by atoms with Gasteiger partial charge in [0.2, 0.25) is 5.91 Å². The van der Waals surface area contributed by atoms with Gasteiger partial charge in [-0.3, -0.25) is 9.59 Å². The van der Waals surface area contributed by atoms with Crippen molar-refractivity contribution in [3.05, 3.63) is 66.0 Å². The summed E-state index contributed by atoms with van der Waals surface area (Å²) in [5.41, 5.74) is 1.26. The van der Waals surface area contributed by atoms with Crippen LogP contribution in [0.4, 0.5) is 10.1 Å². The van der Waals surface area contributed by atoms with Gasteiger partial charge in [0.1, 0.15) is 24.1 Å². The van der Waals surface area contributed by atoms with Crippen molar-refractivity contribution in [3.63, 3.8) is 0 Å². The highest BCUT2D eigenvalue weighted by molar-refractivity contribution is 5.94.